The van der Waals surface area contributed by atoms with Crippen LogP contribution in [-0.4, -0.2) is 5.71 Å². The first-order valence-corrected chi connectivity index (χ1v) is 3.72. The van der Waals surface area contributed by atoms with Gasteiger partial charge in [-0.15, -0.1) is 0 Å². The normalized spacial score (nSPS) is 14.7. The van der Waals surface area contributed by atoms with Gasteiger partial charge in [-0.05, 0) is 11.1 Å². The highest BCUT2D eigenvalue weighted by atomic mass is 15.1. The number of rotatable bonds is 0. The average Bonchev–Trinajstić information content (AvgIpc) is 2.46. The second-order valence-corrected chi connectivity index (χ2v) is 2.82. The van der Waals surface area contributed by atoms with Crippen LogP contribution >= 0.6 is 0 Å². The van der Waals surface area contributed by atoms with E-state index in [9.17, 15) is 0 Å². The SMILES string of the molecule is NN=C1Cc2ccccc2C1. The standard InChI is InChI=1S/C9H10N2/c10-11-9-5-7-3-1-2-4-8(7)6-9/h1-4H,5-6,10H2. The average molecular weight is 146 g/mol. The topological polar surface area (TPSA) is 38.4 Å². The third-order valence-corrected chi connectivity index (χ3v) is 2.09. The molecule has 1 aliphatic rings. The predicted octanol–water partition coefficient (Wildman–Crippen LogP) is 1.10. The molecule has 1 aliphatic carbocycles. The van der Waals surface area contributed by atoms with Gasteiger partial charge in [0.1, 0.15) is 0 Å². The summed E-state index contributed by atoms with van der Waals surface area (Å²) < 4.78 is 0. The second kappa shape index (κ2) is 2.38. The lowest BCUT2D eigenvalue weighted by molar-refractivity contribution is 1.19. The number of nitrogens with two attached hydrogens (primary N) is 1. The van der Waals surface area contributed by atoms with Gasteiger partial charge in [-0.25, -0.2) is 0 Å². The highest BCUT2D eigenvalue weighted by molar-refractivity contribution is 5.92. The Kier molecular flexibility index (Phi) is 1.39. The van der Waals surface area contributed by atoms with E-state index in [4.69, 9.17) is 5.84 Å². The maximum Gasteiger partial charge on any atom is 0.0463 e. The van der Waals surface area contributed by atoms with Gasteiger partial charge in [0.2, 0.25) is 0 Å². The first-order valence-electron chi connectivity index (χ1n) is 3.72. The van der Waals surface area contributed by atoms with E-state index in [0.717, 1.165) is 18.6 Å². The van der Waals surface area contributed by atoms with Crippen LogP contribution in [0.5, 0.6) is 0 Å². The number of nitrogens with zero attached hydrogens (tertiary/aromatic N) is 1. The van der Waals surface area contributed by atoms with Crippen LogP contribution in [0.15, 0.2) is 29.4 Å². The molecule has 2 nitrogen and oxygen atoms in total. The van der Waals surface area contributed by atoms with Gasteiger partial charge in [0.25, 0.3) is 0 Å². The van der Waals surface area contributed by atoms with Crippen LogP contribution in [0, 0.1) is 0 Å². The summed E-state index contributed by atoms with van der Waals surface area (Å²) in [6, 6.07) is 8.37. The Bertz CT molecular complexity index is 275. The monoisotopic (exact) mass is 146 g/mol. The summed E-state index contributed by atoms with van der Waals surface area (Å²) >= 11 is 0. The lowest BCUT2D eigenvalue weighted by Gasteiger charge is -1.92. The zero-order valence-electron chi connectivity index (χ0n) is 6.25. The van der Waals surface area contributed by atoms with E-state index in [1.807, 2.05) is 0 Å². The molecule has 0 aliphatic heterocycles. The van der Waals surface area contributed by atoms with Crippen molar-refractivity contribution in [3.8, 4) is 0 Å². The Balaban J connectivity index is 2.41. The molecule has 0 saturated carbocycles. The van der Waals surface area contributed by atoms with Crippen molar-refractivity contribution in [1.82, 2.24) is 0 Å². The van der Waals surface area contributed by atoms with Crippen molar-refractivity contribution < 1.29 is 0 Å². The van der Waals surface area contributed by atoms with E-state index < -0.39 is 0 Å². The number of fused-ring (bicyclic) bond motifs is 1. The van der Waals surface area contributed by atoms with Gasteiger partial charge in [-0.2, -0.15) is 5.10 Å². The van der Waals surface area contributed by atoms with Crippen molar-refractivity contribution in [1.29, 1.82) is 0 Å². The van der Waals surface area contributed by atoms with Crippen molar-refractivity contribution in [2.24, 2.45) is 10.9 Å². The van der Waals surface area contributed by atoms with Gasteiger partial charge in [-0.3, -0.25) is 0 Å². The fourth-order valence-corrected chi connectivity index (χ4v) is 1.50. The zero-order chi connectivity index (χ0) is 7.68. The smallest absolute Gasteiger partial charge is 0.0463 e. The second-order valence-electron chi connectivity index (χ2n) is 2.82. The highest BCUT2D eigenvalue weighted by Crippen LogP contribution is 2.18. The molecule has 0 spiro atoms. The minimum absolute atomic E-state index is 0.937. The molecule has 0 atom stereocenters. The predicted molar refractivity (Wildman–Crippen MR) is 45.5 cm³/mol. The molecule has 0 bridgehead atoms. The van der Waals surface area contributed by atoms with Crippen molar-refractivity contribution >= 4 is 5.71 Å². The fraction of sp³-hybridized carbons (Fsp3) is 0.222. The molecule has 0 fully saturated rings. The van der Waals surface area contributed by atoms with Gasteiger partial charge in [-0.1, -0.05) is 24.3 Å². The number of hydrogen-bond donors (Lipinski definition) is 1. The third kappa shape index (κ3) is 1.00. The molecule has 2 N–H and O–H groups in total. The molecule has 11 heavy (non-hydrogen) atoms. The van der Waals surface area contributed by atoms with Crippen molar-refractivity contribution in [2.45, 2.75) is 12.8 Å². The van der Waals surface area contributed by atoms with Crippen molar-refractivity contribution in [3.05, 3.63) is 35.4 Å². The van der Waals surface area contributed by atoms with Crippen LogP contribution in [0.2, 0.25) is 0 Å². The maximum atomic E-state index is 5.20. The van der Waals surface area contributed by atoms with E-state index >= 15 is 0 Å². The molecule has 0 aromatic heterocycles. The Labute approximate surface area is 65.7 Å². The van der Waals surface area contributed by atoms with Gasteiger partial charge < -0.3 is 5.84 Å². The first-order chi connectivity index (χ1) is 5.40. The van der Waals surface area contributed by atoms with E-state index in [0.29, 0.717) is 0 Å². The maximum absolute atomic E-state index is 5.20. The lowest BCUT2D eigenvalue weighted by Crippen LogP contribution is -1.99. The summed E-state index contributed by atoms with van der Waals surface area (Å²) in [4.78, 5) is 0. The van der Waals surface area contributed by atoms with Gasteiger partial charge in [0.05, 0.1) is 0 Å². The zero-order valence-corrected chi connectivity index (χ0v) is 6.25. The van der Waals surface area contributed by atoms with Crippen LogP contribution < -0.4 is 5.84 Å². The highest BCUT2D eigenvalue weighted by Gasteiger charge is 2.14. The Hall–Kier alpha value is -1.31. The molecule has 0 saturated heterocycles. The van der Waals surface area contributed by atoms with Crippen LogP contribution in [0.1, 0.15) is 11.1 Å². The molecular formula is C9H10N2. The van der Waals surface area contributed by atoms with Crippen molar-refractivity contribution in [2.75, 3.05) is 0 Å². The molecule has 0 amide bonds. The van der Waals surface area contributed by atoms with Crippen LogP contribution in [0.4, 0.5) is 0 Å². The minimum Gasteiger partial charge on any atom is -0.323 e. The first kappa shape index (κ1) is 6.40. The van der Waals surface area contributed by atoms with E-state index in [1.165, 1.54) is 11.1 Å². The molecule has 0 heterocycles. The molecule has 1 aromatic carbocycles. The molecule has 0 radical (unpaired) electrons. The summed E-state index contributed by atoms with van der Waals surface area (Å²) in [5, 5.41) is 3.72. The fourth-order valence-electron chi connectivity index (χ4n) is 1.50. The summed E-state index contributed by atoms with van der Waals surface area (Å²) in [5.41, 5.74) is 3.83. The van der Waals surface area contributed by atoms with Crippen LogP contribution in [0.25, 0.3) is 0 Å². The van der Waals surface area contributed by atoms with E-state index in [-0.39, 0.29) is 0 Å². The lowest BCUT2D eigenvalue weighted by atomic mass is 10.1. The number of hydrogen-bond acceptors (Lipinski definition) is 2. The summed E-state index contributed by atoms with van der Waals surface area (Å²) in [6.45, 7) is 0. The van der Waals surface area contributed by atoms with Gasteiger partial charge >= 0.3 is 0 Å². The van der Waals surface area contributed by atoms with E-state index in [1.54, 1.807) is 0 Å². The molecule has 0 unspecified atom stereocenters. The minimum atomic E-state index is 0.937. The summed E-state index contributed by atoms with van der Waals surface area (Å²) in [6.07, 6.45) is 1.87. The van der Waals surface area contributed by atoms with Crippen LogP contribution in [0.3, 0.4) is 0 Å². The largest absolute Gasteiger partial charge is 0.323 e. The molecule has 2 heteroatoms. The number of hydrazone groups is 1. The van der Waals surface area contributed by atoms with Gasteiger partial charge in [0, 0.05) is 18.6 Å². The van der Waals surface area contributed by atoms with E-state index in [2.05, 4.69) is 29.4 Å². The van der Waals surface area contributed by atoms with Crippen molar-refractivity contribution in [3.63, 3.8) is 0 Å². The summed E-state index contributed by atoms with van der Waals surface area (Å²) in [7, 11) is 0. The third-order valence-electron chi connectivity index (χ3n) is 2.09. The Morgan fingerprint density at radius 2 is 1.64 bits per heavy atom. The quantitative estimate of drug-likeness (QED) is 0.432. The molecule has 56 valence electrons. The number of benzene rings is 1. The molecule has 2 rings (SSSR count). The molecular weight excluding hydrogens is 136 g/mol. The van der Waals surface area contributed by atoms with Crippen LogP contribution in [-0.2, 0) is 12.8 Å². The van der Waals surface area contributed by atoms with Gasteiger partial charge in [0.15, 0.2) is 0 Å². The Morgan fingerprint density at radius 1 is 1.09 bits per heavy atom. The summed E-state index contributed by atoms with van der Waals surface area (Å²) in [5.74, 6) is 5.20. The molecule has 1 aromatic rings. The Morgan fingerprint density at radius 3 is 2.09 bits per heavy atom.